The van der Waals surface area contributed by atoms with E-state index in [0.29, 0.717) is 12.0 Å². The summed E-state index contributed by atoms with van der Waals surface area (Å²) in [4.78, 5) is 26.2. The van der Waals surface area contributed by atoms with E-state index in [1.165, 1.54) is 10.5 Å². The summed E-state index contributed by atoms with van der Waals surface area (Å²) in [5.41, 5.74) is 1.78. The van der Waals surface area contributed by atoms with Crippen LogP contribution in [-0.4, -0.2) is 35.1 Å². The van der Waals surface area contributed by atoms with E-state index in [1.54, 1.807) is 31.0 Å². The van der Waals surface area contributed by atoms with E-state index in [0.717, 1.165) is 0 Å². The van der Waals surface area contributed by atoms with Gasteiger partial charge in [-0.25, -0.2) is 4.31 Å². The second-order valence-electron chi connectivity index (χ2n) is 5.93. The largest absolute Gasteiger partial charge is 0.345 e. The van der Waals surface area contributed by atoms with Crippen molar-refractivity contribution < 1.29 is 9.59 Å². The minimum absolute atomic E-state index is 0.0736. The summed E-state index contributed by atoms with van der Waals surface area (Å²) < 4.78 is 1.96. The van der Waals surface area contributed by atoms with Gasteiger partial charge in [0, 0.05) is 10.5 Å². The highest BCUT2D eigenvalue weighted by atomic mass is 32.2. The second kappa shape index (κ2) is 7.20. The van der Waals surface area contributed by atoms with Gasteiger partial charge in [0.25, 0.3) is 0 Å². The molecule has 0 fully saturated rings. The highest BCUT2D eigenvalue weighted by molar-refractivity contribution is 7.97. The molecule has 2 aromatic carbocycles. The number of hydrogen-bond acceptors (Lipinski definition) is 4. The van der Waals surface area contributed by atoms with Gasteiger partial charge in [-0.3, -0.25) is 9.59 Å². The van der Waals surface area contributed by atoms with Crippen LogP contribution in [0.3, 0.4) is 0 Å². The number of ketones is 1. The molecule has 24 heavy (non-hydrogen) atoms. The molecular formula is C19H20N2O2S. The Morgan fingerprint density at radius 1 is 1.12 bits per heavy atom. The summed E-state index contributed by atoms with van der Waals surface area (Å²) in [6.07, 6.45) is 0.651. The number of Topliss-reactive ketones (excluding diaryl/α,β-unsaturated/α-hetero) is 1. The molecule has 0 saturated carbocycles. The maximum Gasteiger partial charge on any atom is 0.239 e. The molecule has 0 radical (unpaired) electrons. The van der Waals surface area contributed by atoms with Gasteiger partial charge in [0.2, 0.25) is 5.91 Å². The molecule has 0 aliphatic carbocycles. The van der Waals surface area contributed by atoms with Crippen molar-refractivity contribution in [2.24, 2.45) is 0 Å². The van der Waals surface area contributed by atoms with E-state index < -0.39 is 6.04 Å². The molecule has 1 aliphatic rings. The van der Waals surface area contributed by atoms with Gasteiger partial charge in [-0.2, -0.15) is 0 Å². The molecule has 5 heteroatoms. The lowest BCUT2D eigenvalue weighted by Crippen LogP contribution is -2.50. The Balaban J connectivity index is 1.68. The standard InChI is InChI=1S/C19H20N2O2S/c1-13(18(22)14-8-4-3-5-9-14)20-19(23)16-12-15-10-6-7-11-17(15)24-21(16)2/h3-11,13,16H,12H2,1-2H3,(H,20,23)/t13-,16?/m0/s1. The molecule has 1 aliphatic heterocycles. The van der Waals surface area contributed by atoms with Gasteiger partial charge in [-0.1, -0.05) is 48.5 Å². The fraction of sp³-hybridized carbons (Fsp3) is 0.263. The number of carbonyl (C=O) groups excluding carboxylic acids is 2. The van der Waals surface area contributed by atoms with Gasteiger partial charge in [0.1, 0.15) is 6.04 Å². The average molecular weight is 340 g/mol. The smallest absolute Gasteiger partial charge is 0.239 e. The van der Waals surface area contributed by atoms with Gasteiger partial charge in [0.15, 0.2) is 5.78 Å². The molecule has 1 heterocycles. The molecule has 1 N–H and O–H groups in total. The first-order chi connectivity index (χ1) is 11.6. The van der Waals surface area contributed by atoms with E-state index in [2.05, 4.69) is 11.4 Å². The van der Waals surface area contributed by atoms with Crippen LogP contribution < -0.4 is 5.32 Å². The first-order valence-electron chi connectivity index (χ1n) is 7.94. The molecule has 2 atom stereocenters. The van der Waals surface area contributed by atoms with Crippen molar-refractivity contribution in [3.05, 3.63) is 65.7 Å². The number of carbonyl (C=O) groups is 2. The number of likely N-dealkylation sites (N-methyl/N-ethyl adjacent to an activating group) is 1. The lowest BCUT2D eigenvalue weighted by molar-refractivity contribution is -0.124. The fourth-order valence-electron chi connectivity index (χ4n) is 2.80. The topological polar surface area (TPSA) is 49.4 Å². The molecule has 2 aromatic rings. The van der Waals surface area contributed by atoms with Crippen LogP contribution in [0.1, 0.15) is 22.8 Å². The van der Waals surface area contributed by atoms with Gasteiger partial charge in [-0.15, -0.1) is 0 Å². The number of rotatable bonds is 4. The molecule has 3 rings (SSSR count). The SMILES string of the molecule is C[C@H](NC(=O)C1Cc2ccccc2SN1C)C(=O)c1ccccc1. The van der Waals surface area contributed by atoms with Crippen LogP contribution >= 0.6 is 11.9 Å². The monoisotopic (exact) mass is 340 g/mol. The normalized spacial score (nSPS) is 18.5. The van der Waals surface area contributed by atoms with Crippen molar-refractivity contribution in [2.75, 3.05) is 7.05 Å². The number of benzene rings is 2. The summed E-state index contributed by atoms with van der Waals surface area (Å²) in [5.74, 6) is -0.188. The van der Waals surface area contributed by atoms with E-state index >= 15 is 0 Å². The van der Waals surface area contributed by atoms with Gasteiger partial charge < -0.3 is 5.32 Å². The summed E-state index contributed by atoms with van der Waals surface area (Å²) >= 11 is 1.57. The number of nitrogens with one attached hydrogen (secondary N) is 1. The Morgan fingerprint density at radius 2 is 1.79 bits per heavy atom. The zero-order valence-electron chi connectivity index (χ0n) is 13.7. The Morgan fingerprint density at radius 3 is 2.54 bits per heavy atom. The number of amides is 1. The zero-order chi connectivity index (χ0) is 17.1. The van der Waals surface area contributed by atoms with Crippen LogP contribution in [-0.2, 0) is 11.2 Å². The van der Waals surface area contributed by atoms with Gasteiger partial charge in [-0.05, 0) is 44.0 Å². The van der Waals surface area contributed by atoms with Crippen LogP contribution in [0.2, 0.25) is 0 Å². The van der Waals surface area contributed by atoms with Crippen molar-refractivity contribution in [3.63, 3.8) is 0 Å². The van der Waals surface area contributed by atoms with Crippen molar-refractivity contribution >= 4 is 23.6 Å². The van der Waals surface area contributed by atoms with Gasteiger partial charge in [0.05, 0.1) is 6.04 Å². The molecule has 124 valence electrons. The molecular weight excluding hydrogens is 320 g/mol. The summed E-state index contributed by atoms with van der Waals surface area (Å²) in [6.45, 7) is 1.73. The van der Waals surface area contributed by atoms with Crippen molar-refractivity contribution in [3.8, 4) is 0 Å². The van der Waals surface area contributed by atoms with Crippen LogP contribution in [0.15, 0.2) is 59.5 Å². The Bertz CT molecular complexity index is 748. The third-order valence-electron chi connectivity index (χ3n) is 4.18. The average Bonchev–Trinajstić information content (AvgIpc) is 2.61. The highest BCUT2D eigenvalue weighted by Gasteiger charge is 2.31. The lowest BCUT2D eigenvalue weighted by Gasteiger charge is -2.32. The minimum atomic E-state index is -0.546. The van der Waals surface area contributed by atoms with Crippen molar-refractivity contribution in [2.45, 2.75) is 30.3 Å². The quantitative estimate of drug-likeness (QED) is 0.687. The number of nitrogens with zero attached hydrogens (tertiary/aromatic N) is 1. The Hall–Kier alpha value is -2.11. The molecule has 1 amide bonds. The summed E-state index contributed by atoms with van der Waals surface area (Å²) in [7, 11) is 1.91. The number of hydrogen-bond donors (Lipinski definition) is 1. The van der Waals surface area contributed by atoms with Crippen molar-refractivity contribution in [1.82, 2.24) is 9.62 Å². The predicted molar refractivity (Wildman–Crippen MR) is 95.9 cm³/mol. The zero-order valence-corrected chi connectivity index (χ0v) is 14.5. The Kier molecular flexibility index (Phi) is 5.02. The molecule has 0 aromatic heterocycles. The predicted octanol–water partition coefficient (Wildman–Crippen LogP) is 2.94. The second-order valence-corrected chi connectivity index (χ2v) is 7.12. The third kappa shape index (κ3) is 3.52. The van der Waals surface area contributed by atoms with Crippen LogP contribution in [0, 0.1) is 0 Å². The first-order valence-corrected chi connectivity index (χ1v) is 8.72. The Labute approximate surface area is 146 Å². The fourth-order valence-corrected chi connectivity index (χ4v) is 3.82. The summed E-state index contributed by atoms with van der Waals surface area (Å²) in [6, 6.07) is 16.3. The highest BCUT2D eigenvalue weighted by Crippen LogP contribution is 2.33. The van der Waals surface area contributed by atoms with Crippen LogP contribution in [0.4, 0.5) is 0 Å². The molecule has 4 nitrogen and oxygen atoms in total. The van der Waals surface area contributed by atoms with E-state index in [1.807, 2.05) is 47.8 Å². The molecule has 1 unspecified atom stereocenters. The van der Waals surface area contributed by atoms with E-state index in [4.69, 9.17) is 0 Å². The van der Waals surface area contributed by atoms with E-state index in [-0.39, 0.29) is 17.7 Å². The maximum absolute atomic E-state index is 12.6. The first kappa shape index (κ1) is 16.7. The maximum atomic E-state index is 12.6. The van der Waals surface area contributed by atoms with Crippen LogP contribution in [0.25, 0.3) is 0 Å². The van der Waals surface area contributed by atoms with E-state index in [9.17, 15) is 9.59 Å². The van der Waals surface area contributed by atoms with Gasteiger partial charge >= 0.3 is 0 Å². The van der Waals surface area contributed by atoms with Crippen LogP contribution in [0.5, 0.6) is 0 Å². The summed E-state index contributed by atoms with van der Waals surface area (Å²) in [5, 5.41) is 2.87. The minimum Gasteiger partial charge on any atom is -0.345 e. The molecule has 0 spiro atoms. The lowest BCUT2D eigenvalue weighted by atomic mass is 10.0. The molecule has 0 saturated heterocycles. The molecule has 0 bridgehead atoms. The third-order valence-corrected chi connectivity index (χ3v) is 5.32. The number of fused-ring (bicyclic) bond motifs is 1. The van der Waals surface area contributed by atoms with Crippen molar-refractivity contribution in [1.29, 1.82) is 0 Å².